The highest BCUT2D eigenvalue weighted by Gasteiger charge is 2.24. The van der Waals surface area contributed by atoms with Crippen molar-refractivity contribution < 1.29 is 13.3 Å². The highest BCUT2D eigenvalue weighted by Crippen LogP contribution is 2.23. The minimum absolute atomic E-state index is 0.0844. The third kappa shape index (κ3) is 3.62. The largest absolute Gasteiger partial charge is 0.399 e. The van der Waals surface area contributed by atoms with Crippen LogP contribution in [0.15, 0.2) is 68.8 Å². The van der Waals surface area contributed by atoms with E-state index in [-0.39, 0.29) is 22.6 Å². The van der Waals surface area contributed by atoms with E-state index in [9.17, 15) is 18.4 Å². The first-order valence-electron chi connectivity index (χ1n) is 9.85. The van der Waals surface area contributed by atoms with Crippen LogP contribution in [-0.4, -0.2) is 14.3 Å². The second kappa shape index (κ2) is 8.26. The molecule has 0 fully saturated rings. The molecule has 2 heterocycles. The van der Waals surface area contributed by atoms with Crippen molar-refractivity contribution in [2.24, 2.45) is 0 Å². The van der Waals surface area contributed by atoms with E-state index in [1.165, 1.54) is 25.3 Å². The molecule has 0 aliphatic rings. The van der Waals surface area contributed by atoms with Crippen LogP contribution in [0.4, 0.5) is 14.5 Å². The molecule has 0 aliphatic heterocycles. The van der Waals surface area contributed by atoms with Gasteiger partial charge in [0.25, 0.3) is 5.56 Å². The Morgan fingerprint density at radius 1 is 1.06 bits per heavy atom. The van der Waals surface area contributed by atoms with Crippen molar-refractivity contribution in [3.05, 3.63) is 104 Å². The molecule has 2 aromatic heterocycles. The molecule has 2 N–H and O–H groups in total. The molecular formula is C23H20F2N4O3. The smallest absolute Gasteiger partial charge is 0.332 e. The SMILES string of the molecule is Cc1c(-c2ccno2)c(=O)n([C@H](C)c2ccc(N)cc2)c(=O)n1Cc1c(F)cccc1F. The molecule has 0 unspecified atom stereocenters. The molecule has 4 rings (SSSR count). The van der Waals surface area contributed by atoms with Crippen LogP contribution in [-0.2, 0) is 6.54 Å². The summed E-state index contributed by atoms with van der Waals surface area (Å²) >= 11 is 0. The summed E-state index contributed by atoms with van der Waals surface area (Å²) in [6.07, 6.45) is 1.37. The van der Waals surface area contributed by atoms with Crippen molar-refractivity contribution in [2.45, 2.75) is 26.4 Å². The van der Waals surface area contributed by atoms with Gasteiger partial charge in [0.2, 0.25) is 0 Å². The second-order valence-electron chi connectivity index (χ2n) is 7.42. The zero-order valence-corrected chi connectivity index (χ0v) is 17.4. The molecule has 0 amide bonds. The molecule has 0 saturated heterocycles. The molecule has 0 radical (unpaired) electrons. The first kappa shape index (κ1) is 21.2. The van der Waals surface area contributed by atoms with Crippen LogP contribution in [0.3, 0.4) is 0 Å². The molecule has 7 nitrogen and oxygen atoms in total. The summed E-state index contributed by atoms with van der Waals surface area (Å²) in [4.78, 5) is 26.9. The Morgan fingerprint density at radius 2 is 1.72 bits per heavy atom. The number of nitrogens with two attached hydrogens (primary N) is 1. The molecular weight excluding hydrogens is 418 g/mol. The molecule has 0 bridgehead atoms. The lowest BCUT2D eigenvalue weighted by Gasteiger charge is -2.21. The Balaban J connectivity index is 1.99. The summed E-state index contributed by atoms with van der Waals surface area (Å²) in [6.45, 7) is 2.80. The number of anilines is 1. The van der Waals surface area contributed by atoms with Gasteiger partial charge in [-0.3, -0.25) is 13.9 Å². The highest BCUT2D eigenvalue weighted by molar-refractivity contribution is 5.58. The number of aromatic nitrogens is 3. The fourth-order valence-electron chi connectivity index (χ4n) is 3.69. The highest BCUT2D eigenvalue weighted by atomic mass is 19.1. The number of hydrogen-bond donors (Lipinski definition) is 1. The summed E-state index contributed by atoms with van der Waals surface area (Å²) in [5.41, 5.74) is 5.65. The van der Waals surface area contributed by atoms with Crippen molar-refractivity contribution >= 4 is 5.69 Å². The summed E-state index contributed by atoms with van der Waals surface area (Å²) < 4.78 is 36.1. The Hall–Kier alpha value is -4.01. The number of nitrogens with zero attached hydrogens (tertiary/aromatic N) is 3. The van der Waals surface area contributed by atoms with E-state index in [4.69, 9.17) is 10.3 Å². The number of hydrogen-bond acceptors (Lipinski definition) is 5. The molecule has 0 aliphatic carbocycles. The van der Waals surface area contributed by atoms with Crippen molar-refractivity contribution in [1.82, 2.24) is 14.3 Å². The van der Waals surface area contributed by atoms with Gasteiger partial charge in [-0.25, -0.2) is 13.6 Å². The maximum absolute atomic E-state index is 14.4. The first-order chi connectivity index (χ1) is 15.3. The van der Waals surface area contributed by atoms with E-state index >= 15 is 0 Å². The van der Waals surface area contributed by atoms with Gasteiger partial charge in [0.05, 0.1) is 18.8 Å². The Labute approximate surface area is 181 Å². The maximum atomic E-state index is 14.4. The molecule has 164 valence electrons. The van der Waals surface area contributed by atoms with Gasteiger partial charge < -0.3 is 10.3 Å². The van der Waals surface area contributed by atoms with Crippen molar-refractivity contribution in [2.75, 3.05) is 5.73 Å². The fourth-order valence-corrected chi connectivity index (χ4v) is 3.69. The standard InChI is InChI=1S/C23H20F2N4O3/c1-13(15-6-8-16(26)9-7-15)29-22(30)21(20-10-11-27-32-20)14(2)28(23(29)31)12-17-18(24)4-3-5-19(17)25/h3-11,13H,12,26H2,1-2H3/t13-/m1/s1. The van der Waals surface area contributed by atoms with E-state index in [0.29, 0.717) is 11.3 Å². The van der Waals surface area contributed by atoms with E-state index in [0.717, 1.165) is 21.3 Å². The summed E-state index contributed by atoms with van der Waals surface area (Å²) in [7, 11) is 0. The van der Waals surface area contributed by atoms with Crippen molar-refractivity contribution in [3.63, 3.8) is 0 Å². The minimum Gasteiger partial charge on any atom is -0.399 e. The average Bonchev–Trinajstić information content (AvgIpc) is 3.27. The molecule has 0 saturated carbocycles. The Morgan fingerprint density at radius 3 is 2.31 bits per heavy atom. The van der Waals surface area contributed by atoms with Crippen LogP contribution in [0.1, 0.15) is 29.8 Å². The first-order valence-corrected chi connectivity index (χ1v) is 9.85. The molecule has 2 aromatic carbocycles. The van der Waals surface area contributed by atoms with Gasteiger partial charge in [0.1, 0.15) is 17.2 Å². The Bertz CT molecular complexity index is 1370. The van der Waals surface area contributed by atoms with Gasteiger partial charge in [-0.1, -0.05) is 23.4 Å². The second-order valence-corrected chi connectivity index (χ2v) is 7.42. The zero-order valence-electron chi connectivity index (χ0n) is 17.4. The number of benzene rings is 2. The third-order valence-corrected chi connectivity index (χ3v) is 5.50. The molecule has 32 heavy (non-hydrogen) atoms. The number of halogens is 2. The molecule has 4 aromatic rings. The van der Waals surface area contributed by atoms with E-state index in [1.807, 2.05) is 0 Å². The minimum atomic E-state index is -0.790. The summed E-state index contributed by atoms with van der Waals surface area (Å²) in [6, 6.07) is 11.0. The van der Waals surface area contributed by atoms with E-state index in [1.54, 1.807) is 31.2 Å². The van der Waals surface area contributed by atoms with Crippen LogP contribution in [0, 0.1) is 18.6 Å². The van der Waals surface area contributed by atoms with Crippen molar-refractivity contribution in [1.29, 1.82) is 0 Å². The topological polar surface area (TPSA) is 96.1 Å². The fraction of sp³-hybridized carbons (Fsp3) is 0.174. The zero-order chi connectivity index (χ0) is 23.0. The maximum Gasteiger partial charge on any atom is 0.332 e. The predicted octanol–water partition coefficient (Wildman–Crippen LogP) is 3.49. The lowest BCUT2D eigenvalue weighted by Crippen LogP contribution is -2.44. The van der Waals surface area contributed by atoms with Gasteiger partial charge in [0.15, 0.2) is 5.76 Å². The van der Waals surface area contributed by atoms with E-state index in [2.05, 4.69) is 5.16 Å². The lowest BCUT2D eigenvalue weighted by atomic mass is 10.1. The van der Waals surface area contributed by atoms with Crippen LogP contribution < -0.4 is 17.0 Å². The Kier molecular flexibility index (Phi) is 5.48. The van der Waals surface area contributed by atoms with Crippen LogP contribution in [0.5, 0.6) is 0 Å². The van der Waals surface area contributed by atoms with Crippen LogP contribution in [0.25, 0.3) is 11.3 Å². The van der Waals surface area contributed by atoms with Gasteiger partial charge in [0, 0.05) is 23.0 Å². The van der Waals surface area contributed by atoms with Crippen molar-refractivity contribution in [3.8, 4) is 11.3 Å². The van der Waals surface area contributed by atoms with Gasteiger partial charge >= 0.3 is 5.69 Å². The lowest BCUT2D eigenvalue weighted by molar-refractivity contribution is 0.428. The molecule has 9 heteroatoms. The predicted molar refractivity (Wildman–Crippen MR) is 115 cm³/mol. The quantitative estimate of drug-likeness (QED) is 0.481. The average molecular weight is 438 g/mol. The normalized spacial score (nSPS) is 12.1. The van der Waals surface area contributed by atoms with Gasteiger partial charge in [-0.05, 0) is 43.7 Å². The van der Waals surface area contributed by atoms with Crippen LogP contribution >= 0.6 is 0 Å². The monoisotopic (exact) mass is 438 g/mol. The number of rotatable bonds is 5. The summed E-state index contributed by atoms with van der Waals surface area (Å²) in [5.74, 6) is -1.43. The van der Waals surface area contributed by atoms with Gasteiger partial charge in [-0.15, -0.1) is 0 Å². The van der Waals surface area contributed by atoms with E-state index < -0.39 is 35.5 Å². The summed E-state index contributed by atoms with van der Waals surface area (Å²) in [5, 5.41) is 3.64. The molecule has 1 atom stereocenters. The van der Waals surface area contributed by atoms with Gasteiger partial charge in [-0.2, -0.15) is 0 Å². The van der Waals surface area contributed by atoms with Crippen LogP contribution in [0.2, 0.25) is 0 Å². The third-order valence-electron chi connectivity index (χ3n) is 5.50. The molecule has 0 spiro atoms. The number of nitrogen functional groups attached to an aromatic ring is 1.